The summed E-state index contributed by atoms with van der Waals surface area (Å²) in [4.78, 5) is 0. The Bertz CT molecular complexity index is 547. The predicted molar refractivity (Wildman–Crippen MR) is 99.0 cm³/mol. The van der Waals surface area contributed by atoms with Crippen LogP contribution in [0, 0.1) is 34.0 Å². The first-order chi connectivity index (χ1) is 11.5. The van der Waals surface area contributed by atoms with Crippen molar-refractivity contribution >= 4 is 0 Å². The number of hydrogen-bond donors (Lipinski definition) is 3. The maximum Gasteiger partial charge on any atom is 0.0910 e. The van der Waals surface area contributed by atoms with Crippen LogP contribution >= 0.6 is 0 Å². The molecule has 0 spiro atoms. The van der Waals surface area contributed by atoms with Gasteiger partial charge in [0.25, 0.3) is 0 Å². The molecule has 0 amide bonds. The second-order valence-corrected chi connectivity index (χ2v) is 11.1. The third-order valence-corrected chi connectivity index (χ3v) is 9.93. The molecule has 3 heteroatoms. The third kappa shape index (κ3) is 2.41. The maximum absolute atomic E-state index is 11.1. The van der Waals surface area contributed by atoms with Gasteiger partial charge in [0.1, 0.15) is 0 Å². The Hall–Kier alpha value is -0.120. The molecule has 0 aliphatic heterocycles. The minimum atomic E-state index is -0.890. The molecule has 0 saturated heterocycles. The Balaban J connectivity index is 1.65. The lowest BCUT2D eigenvalue weighted by Gasteiger charge is -2.64. The van der Waals surface area contributed by atoms with E-state index in [1.807, 2.05) is 0 Å². The van der Waals surface area contributed by atoms with Gasteiger partial charge in [0.05, 0.1) is 17.8 Å². The maximum atomic E-state index is 11.1. The highest BCUT2D eigenvalue weighted by molar-refractivity contribution is 5.14. The highest BCUT2D eigenvalue weighted by Crippen LogP contribution is 2.70. The molecule has 4 aliphatic rings. The number of hydrogen-bond acceptors (Lipinski definition) is 3. The highest BCUT2D eigenvalue weighted by Gasteiger charge is 2.64. The summed E-state index contributed by atoms with van der Waals surface area (Å²) in [5.41, 5.74) is -0.120. The van der Waals surface area contributed by atoms with E-state index in [-0.39, 0.29) is 16.9 Å². The van der Waals surface area contributed by atoms with E-state index in [0.29, 0.717) is 23.2 Å². The zero-order chi connectivity index (χ0) is 18.3. The second kappa shape index (κ2) is 5.45. The van der Waals surface area contributed by atoms with Gasteiger partial charge < -0.3 is 15.3 Å². The van der Waals surface area contributed by atoms with Crippen LogP contribution in [0.3, 0.4) is 0 Å². The Morgan fingerprint density at radius 1 is 0.920 bits per heavy atom. The van der Waals surface area contributed by atoms with E-state index >= 15 is 0 Å². The van der Waals surface area contributed by atoms with Crippen LogP contribution in [0.15, 0.2) is 0 Å². The standard InChI is InChI=1S/C22H38O3/c1-14(23)22(25)12-18-16-6-9-20(3)11-15(24)5-10-21(20,4)17(16)7-8-19(18,2)13-22/h14-18,23-25H,5-13H2,1-4H3/t14-,15+,16+,17+,18+,19+,20+,21+,22+/m0/s1. The van der Waals surface area contributed by atoms with Crippen molar-refractivity contribution < 1.29 is 15.3 Å². The fourth-order valence-electron chi connectivity index (χ4n) is 8.09. The van der Waals surface area contributed by atoms with Gasteiger partial charge in [-0.1, -0.05) is 20.8 Å². The van der Waals surface area contributed by atoms with Crippen molar-refractivity contribution in [2.75, 3.05) is 0 Å². The van der Waals surface area contributed by atoms with Gasteiger partial charge in [-0.3, -0.25) is 0 Å². The first-order valence-corrected chi connectivity index (χ1v) is 10.6. The molecule has 4 fully saturated rings. The van der Waals surface area contributed by atoms with Gasteiger partial charge in [0, 0.05) is 0 Å². The van der Waals surface area contributed by atoms with Gasteiger partial charge in [-0.05, 0) is 98.7 Å². The van der Waals surface area contributed by atoms with Gasteiger partial charge in [-0.15, -0.1) is 0 Å². The van der Waals surface area contributed by atoms with Crippen LogP contribution in [0.1, 0.15) is 85.5 Å². The molecule has 144 valence electrons. The molecule has 0 heterocycles. The van der Waals surface area contributed by atoms with Crippen molar-refractivity contribution in [3.8, 4) is 0 Å². The van der Waals surface area contributed by atoms with Crippen molar-refractivity contribution in [2.45, 2.75) is 103 Å². The van der Waals surface area contributed by atoms with E-state index in [0.717, 1.165) is 32.1 Å². The Kier molecular flexibility index (Phi) is 3.98. The topological polar surface area (TPSA) is 60.7 Å². The van der Waals surface area contributed by atoms with Crippen LogP contribution in [-0.4, -0.2) is 33.1 Å². The summed E-state index contributed by atoms with van der Waals surface area (Å²) in [6.45, 7) is 9.07. The summed E-state index contributed by atoms with van der Waals surface area (Å²) in [7, 11) is 0. The summed E-state index contributed by atoms with van der Waals surface area (Å²) in [5, 5.41) is 31.5. The number of aliphatic hydroxyl groups is 3. The fourth-order valence-corrected chi connectivity index (χ4v) is 8.09. The quantitative estimate of drug-likeness (QED) is 0.672. The van der Waals surface area contributed by atoms with Crippen LogP contribution in [0.2, 0.25) is 0 Å². The zero-order valence-corrected chi connectivity index (χ0v) is 16.6. The summed E-state index contributed by atoms with van der Waals surface area (Å²) in [6.07, 6.45) is 8.74. The molecular formula is C22H38O3. The average Bonchev–Trinajstić information content (AvgIpc) is 2.81. The molecule has 4 rings (SSSR count). The van der Waals surface area contributed by atoms with Crippen molar-refractivity contribution in [1.82, 2.24) is 0 Å². The van der Waals surface area contributed by atoms with Gasteiger partial charge in [-0.25, -0.2) is 0 Å². The fraction of sp³-hybridized carbons (Fsp3) is 1.00. The highest BCUT2D eigenvalue weighted by atomic mass is 16.3. The van der Waals surface area contributed by atoms with Crippen molar-refractivity contribution in [3.05, 3.63) is 0 Å². The van der Waals surface area contributed by atoms with E-state index in [2.05, 4.69) is 20.8 Å². The third-order valence-electron chi connectivity index (χ3n) is 9.93. The van der Waals surface area contributed by atoms with E-state index in [4.69, 9.17) is 0 Å². The molecular weight excluding hydrogens is 312 g/mol. The van der Waals surface area contributed by atoms with E-state index in [1.165, 1.54) is 25.7 Å². The molecule has 9 atom stereocenters. The Labute approximate surface area is 153 Å². The van der Waals surface area contributed by atoms with Gasteiger partial charge >= 0.3 is 0 Å². The monoisotopic (exact) mass is 350 g/mol. The second-order valence-electron chi connectivity index (χ2n) is 11.1. The van der Waals surface area contributed by atoms with E-state index < -0.39 is 11.7 Å². The van der Waals surface area contributed by atoms with Crippen LogP contribution in [0.5, 0.6) is 0 Å². The van der Waals surface area contributed by atoms with E-state index in [9.17, 15) is 15.3 Å². The zero-order valence-electron chi connectivity index (χ0n) is 16.6. The smallest absolute Gasteiger partial charge is 0.0910 e. The first kappa shape index (κ1) is 18.3. The summed E-state index contributed by atoms with van der Waals surface area (Å²) >= 11 is 0. The van der Waals surface area contributed by atoms with Crippen molar-refractivity contribution in [3.63, 3.8) is 0 Å². The number of fused-ring (bicyclic) bond motifs is 5. The predicted octanol–water partition coefficient (Wildman–Crippen LogP) is 3.89. The molecule has 3 N–H and O–H groups in total. The normalized spacial score (nSPS) is 59.6. The van der Waals surface area contributed by atoms with Gasteiger partial charge in [0.15, 0.2) is 0 Å². The van der Waals surface area contributed by atoms with E-state index in [1.54, 1.807) is 6.92 Å². The summed E-state index contributed by atoms with van der Waals surface area (Å²) in [6, 6.07) is 0. The minimum Gasteiger partial charge on any atom is -0.393 e. The largest absolute Gasteiger partial charge is 0.393 e. The summed E-state index contributed by atoms with van der Waals surface area (Å²) < 4.78 is 0. The molecule has 25 heavy (non-hydrogen) atoms. The number of aliphatic hydroxyl groups excluding tert-OH is 2. The molecule has 0 aromatic heterocycles. The van der Waals surface area contributed by atoms with Crippen molar-refractivity contribution in [2.24, 2.45) is 34.0 Å². The molecule has 3 nitrogen and oxygen atoms in total. The van der Waals surface area contributed by atoms with Crippen LogP contribution in [0.25, 0.3) is 0 Å². The lowest BCUT2D eigenvalue weighted by molar-refractivity contribution is -0.166. The molecule has 4 aliphatic carbocycles. The van der Waals surface area contributed by atoms with Crippen LogP contribution in [0.4, 0.5) is 0 Å². The average molecular weight is 351 g/mol. The molecule has 0 bridgehead atoms. The minimum absolute atomic E-state index is 0.115. The van der Waals surface area contributed by atoms with Crippen LogP contribution in [-0.2, 0) is 0 Å². The van der Waals surface area contributed by atoms with Gasteiger partial charge in [-0.2, -0.15) is 0 Å². The lowest BCUT2D eigenvalue weighted by Crippen LogP contribution is -2.57. The van der Waals surface area contributed by atoms with Crippen LogP contribution < -0.4 is 0 Å². The molecule has 0 aromatic carbocycles. The summed E-state index contributed by atoms with van der Waals surface area (Å²) in [5.74, 6) is 1.94. The Morgan fingerprint density at radius 2 is 1.64 bits per heavy atom. The SMILES string of the molecule is C[C@H](O)[C@@]1(O)C[C@@H]2[C@@H]3CC[C@]4(C)C[C@H](O)CC[C@]4(C)[C@@H]3CC[C@]2(C)C1. The Morgan fingerprint density at radius 3 is 2.32 bits per heavy atom. The molecule has 0 aromatic rings. The number of rotatable bonds is 1. The first-order valence-electron chi connectivity index (χ1n) is 10.6. The van der Waals surface area contributed by atoms with Gasteiger partial charge in [0.2, 0.25) is 0 Å². The molecule has 0 radical (unpaired) electrons. The molecule has 4 saturated carbocycles. The lowest BCUT2D eigenvalue weighted by atomic mass is 9.40. The molecule has 0 unspecified atom stereocenters. The van der Waals surface area contributed by atoms with Crippen molar-refractivity contribution in [1.29, 1.82) is 0 Å².